The van der Waals surface area contributed by atoms with Crippen LogP contribution in [0.4, 0.5) is 5.82 Å². The van der Waals surface area contributed by atoms with Crippen LogP contribution in [0.5, 0.6) is 0 Å². The molecule has 3 rings (SSSR count). The average Bonchev–Trinajstić information content (AvgIpc) is 2.78. The van der Waals surface area contributed by atoms with E-state index in [2.05, 4.69) is 32.1 Å². The van der Waals surface area contributed by atoms with Crippen molar-refractivity contribution in [3.8, 4) is 6.07 Å². The molecule has 19 heavy (non-hydrogen) atoms. The van der Waals surface area contributed by atoms with Crippen LogP contribution in [-0.2, 0) is 13.0 Å². The fraction of sp³-hybridized carbons (Fsp3) is 0.357. The molecule has 0 aromatic carbocycles. The van der Waals surface area contributed by atoms with Gasteiger partial charge in [-0.05, 0) is 25.5 Å². The lowest BCUT2D eigenvalue weighted by Crippen LogP contribution is -2.31. The largest absolute Gasteiger partial charge is 0.365 e. The Hall–Kier alpha value is -2.35. The highest BCUT2D eigenvalue weighted by Crippen LogP contribution is 2.18. The van der Waals surface area contributed by atoms with E-state index in [9.17, 15) is 0 Å². The topological polar surface area (TPSA) is 66.5 Å². The van der Waals surface area contributed by atoms with E-state index in [1.165, 1.54) is 0 Å². The number of nitrogens with one attached hydrogen (secondary N) is 1. The first-order valence-electron chi connectivity index (χ1n) is 6.41. The third kappa shape index (κ3) is 2.43. The third-order valence-electron chi connectivity index (χ3n) is 3.33. The lowest BCUT2D eigenvalue weighted by Gasteiger charge is -2.25. The molecule has 0 saturated carbocycles. The summed E-state index contributed by atoms with van der Waals surface area (Å²) in [4.78, 5) is 8.75. The first kappa shape index (κ1) is 11.7. The number of fused-ring (bicyclic) bond motifs is 1. The second-order valence-electron chi connectivity index (χ2n) is 4.85. The minimum Gasteiger partial charge on any atom is -0.365 e. The molecule has 1 aliphatic heterocycles. The van der Waals surface area contributed by atoms with E-state index in [1.54, 1.807) is 6.07 Å². The van der Waals surface area contributed by atoms with Crippen molar-refractivity contribution in [3.63, 3.8) is 0 Å². The SMILES string of the molecule is Cc1cn2c(n1)CCC(Nc1cccc(C#N)n1)C2. The summed E-state index contributed by atoms with van der Waals surface area (Å²) in [5, 5.41) is 12.2. The molecule has 1 unspecified atom stereocenters. The second kappa shape index (κ2) is 4.73. The van der Waals surface area contributed by atoms with Crippen LogP contribution in [0.3, 0.4) is 0 Å². The van der Waals surface area contributed by atoms with Crippen molar-refractivity contribution in [2.75, 3.05) is 5.32 Å². The van der Waals surface area contributed by atoms with E-state index in [1.807, 2.05) is 19.1 Å². The number of nitriles is 1. The molecule has 96 valence electrons. The molecule has 3 heterocycles. The van der Waals surface area contributed by atoms with E-state index >= 15 is 0 Å². The fourth-order valence-corrected chi connectivity index (χ4v) is 2.49. The van der Waals surface area contributed by atoms with Crippen LogP contribution in [0, 0.1) is 18.3 Å². The Morgan fingerprint density at radius 1 is 1.42 bits per heavy atom. The van der Waals surface area contributed by atoms with Gasteiger partial charge in [-0.2, -0.15) is 5.26 Å². The van der Waals surface area contributed by atoms with Crippen LogP contribution in [0.2, 0.25) is 0 Å². The monoisotopic (exact) mass is 253 g/mol. The van der Waals surface area contributed by atoms with Gasteiger partial charge < -0.3 is 9.88 Å². The normalized spacial score (nSPS) is 17.6. The van der Waals surface area contributed by atoms with Crippen LogP contribution in [0.25, 0.3) is 0 Å². The Kier molecular flexibility index (Phi) is 2.92. The van der Waals surface area contributed by atoms with Gasteiger partial charge in [0, 0.05) is 25.2 Å². The van der Waals surface area contributed by atoms with Gasteiger partial charge in [-0.25, -0.2) is 9.97 Å². The molecule has 2 aromatic heterocycles. The summed E-state index contributed by atoms with van der Waals surface area (Å²) in [6.45, 7) is 2.92. The van der Waals surface area contributed by atoms with E-state index in [4.69, 9.17) is 5.26 Å². The fourth-order valence-electron chi connectivity index (χ4n) is 2.49. The zero-order valence-corrected chi connectivity index (χ0v) is 10.8. The van der Waals surface area contributed by atoms with Crippen molar-refractivity contribution in [3.05, 3.63) is 41.6 Å². The maximum Gasteiger partial charge on any atom is 0.142 e. The molecule has 5 nitrogen and oxygen atoms in total. The van der Waals surface area contributed by atoms with Gasteiger partial charge in [-0.1, -0.05) is 6.07 Å². The average molecular weight is 253 g/mol. The third-order valence-corrected chi connectivity index (χ3v) is 3.33. The van der Waals surface area contributed by atoms with Gasteiger partial charge in [0.1, 0.15) is 23.4 Å². The van der Waals surface area contributed by atoms with Gasteiger partial charge in [0.2, 0.25) is 0 Å². The molecule has 5 heteroatoms. The quantitative estimate of drug-likeness (QED) is 0.887. The van der Waals surface area contributed by atoms with Gasteiger partial charge in [0.15, 0.2) is 0 Å². The van der Waals surface area contributed by atoms with Gasteiger partial charge >= 0.3 is 0 Å². The van der Waals surface area contributed by atoms with Gasteiger partial charge in [0.05, 0.1) is 5.69 Å². The highest BCUT2D eigenvalue weighted by atomic mass is 15.1. The number of anilines is 1. The summed E-state index contributed by atoms with van der Waals surface area (Å²) in [7, 11) is 0. The molecule has 0 radical (unpaired) electrons. The first-order chi connectivity index (χ1) is 9.24. The van der Waals surface area contributed by atoms with Gasteiger partial charge in [0.25, 0.3) is 0 Å². The molecule has 1 atom stereocenters. The van der Waals surface area contributed by atoms with Gasteiger partial charge in [-0.3, -0.25) is 0 Å². The standard InChI is InChI=1S/C14H15N5/c1-10-8-19-9-12(5-6-14(19)16-10)18-13-4-2-3-11(7-15)17-13/h2-4,8,12H,5-6,9H2,1H3,(H,17,18). The molecular weight excluding hydrogens is 238 g/mol. The van der Waals surface area contributed by atoms with Gasteiger partial charge in [-0.15, -0.1) is 0 Å². The summed E-state index contributed by atoms with van der Waals surface area (Å²) in [5.74, 6) is 1.93. The highest BCUT2D eigenvalue weighted by molar-refractivity contribution is 5.39. The molecule has 0 bridgehead atoms. The van der Waals surface area contributed by atoms with E-state index in [0.29, 0.717) is 11.7 Å². The predicted molar refractivity (Wildman–Crippen MR) is 71.6 cm³/mol. The maximum atomic E-state index is 8.85. The Balaban J connectivity index is 1.73. The zero-order valence-electron chi connectivity index (χ0n) is 10.8. The summed E-state index contributed by atoms with van der Waals surface area (Å²) in [6, 6.07) is 7.85. The number of nitrogens with zero attached hydrogens (tertiary/aromatic N) is 4. The molecule has 1 N–H and O–H groups in total. The molecule has 1 aliphatic rings. The van der Waals surface area contributed by atoms with Crippen molar-refractivity contribution >= 4 is 5.82 Å². The first-order valence-corrected chi connectivity index (χ1v) is 6.41. The molecule has 0 saturated heterocycles. The lowest BCUT2D eigenvalue weighted by atomic mass is 10.1. The number of hydrogen-bond acceptors (Lipinski definition) is 4. The summed E-state index contributed by atoms with van der Waals surface area (Å²) >= 11 is 0. The summed E-state index contributed by atoms with van der Waals surface area (Å²) in [5.41, 5.74) is 1.51. The summed E-state index contributed by atoms with van der Waals surface area (Å²) in [6.07, 6.45) is 4.10. The van der Waals surface area contributed by atoms with E-state index in [0.717, 1.165) is 36.7 Å². The van der Waals surface area contributed by atoms with Crippen molar-refractivity contribution in [1.82, 2.24) is 14.5 Å². The van der Waals surface area contributed by atoms with Crippen LogP contribution in [0.1, 0.15) is 23.6 Å². The Bertz CT molecular complexity index is 638. The zero-order chi connectivity index (χ0) is 13.2. The minimum atomic E-state index is 0.336. The van der Waals surface area contributed by atoms with Crippen molar-refractivity contribution in [1.29, 1.82) is 5.26 Å². The minimum absolute atomic E-state index is 0.336. The molecule has 0 spiro atoms. The molecule has 2 aromatic rings. The smallest absolute Gasteiger partial charge is 0.142 e. The maximum absolute atomic E-state index is 8.85. The summed E-state index contributed by atoms with van der Waals surface area (Å²) < 4.78 is 2.20. The number of aromatic nitrogens is 3. The number of aryl methyl sites for hydroxylation is 2. The van der Waals surface area contributed by atoms with Crippen molar-refractivity contribution < 1.29 is 0 Å². The van der Waals surface area contributed by atoms with Crippen LogP contribution in [0.15, 0.2) is 24.4 Å². The van der Waals surface area contributed by atoms with Crippen LogP contribution >= 0.6 is 0 Å². The second-order valence-corrected chi connectivity index (χ2v) is 4.85. The number of pyridine rings is 1. The Morgan fingerprint density at radius 3 is 3.16 bits per heavy atom. The highest BCUT2D eigenvalue weighted by Gasteiger charge is 2.19. The predicted octanol–water partition coefficient (Wildman–Crippen LogP) is 1.89. The molecule has 0 fully saturated rings. The molecule has 0 amide bonds. The number of rotatable bonds is 2. The Labute approximate surface area is 111 Å². The van der Waals surface area contributed by atoms with E-state index < -0.39 is 0 Å². The van der Waals surface area contributed by atoms with Crippen molar-refractivity contribution in [2.24, 2.45) is 0 Å². The lowest BCUT2D eigenvalue weighted by molar-refractivity contribution is 0.475. The molecule has 0 aliphatic carbocycles. The van der Waals surface area contributed by atoms with Crippen LogP contribution in [-0.4, -0.2) is 20.6 Å². The number of imidazole rings is 1. The molecular formula is C14H15N5. The number of hydrogen-bond donors (Lipinski definition) is 1. The van der Waals surface area contributed by atoms with Crippen molar-refractivity contribution in [2.45, 2.75) is 32.4 Å². The Morgan fingerprint density at radius 2 is 2.32 bits per heavy atom. The van der Waals surface area contributed by atoms with E-state index in [-0.39, 0.29) is 0 Å². The van der Waals surface area contributed by atoms with Crippen LogP contribution < -0.4 is 5.32 Å².